The Morgan fingerprint density at radius 2 is 2.05 bits per heavy atom. The van der Waals surface area contributed by atoms with E-state index < -0.39 is 0 Å². The third-order valence-electron chi connectivity index (χ3n) is 3.22. The number of rotatable bonds is 9. The Morgan fingerprint density at radius 3 is 2.70 bits per heavy atom. The molecule has 0 radical (unpaired) electrons. The van der Waals surface area contributed by atoms with Crippen LogP contribution in [0.25, 0.3) is 0 Å². The Kier molecular flexibility index (Phi) is 5.68. The molecule has 0 aromatic heterocycles. The van der Waals surface area contributed by atoms with Gasteiger partial charge in [-0.1, -0.05) is 6.07 Å². The molecule has 112 valence electrons. The summed E-state index contributed by atoms with van der Waals surface area (Å²) in [5, 5.41) is 3.51. The van der Waals surface area contributed by atoms with Crippen LogP contribution in [0.5, 0.6) is 11.5 Å². The van der Waals surface area contributed by atoms with E-state index in [2.05, 4.69) is 11.4 Å². The molecule has 0 atom stereocenters. The molecule has 0 saturated heterocycles. The van der Waals surface area contributed by atoms with Crippen LogP contribution in [0.3, 0.4) is 0 Å². The van der Waals surface area contributed by atoms with Gasteiger partial charge in [-0.15, -0.1) is 0 Å². The van der Waals surface area contributed by atoms with Gasteiger partial charge in [0.1, 0.15) is 18.1 Å². The molecule has 1 aliphatic carbocycles. The van der Waals surface area contributed by atoms with Crippen molar-refractivity contribution in [1.82, 2.24) is 5.32 Å². The molecule has 4 heteroatoms. The minimum atomic E-state index is 0.236. The first-order valence-corrected chi connectivity index (χ1v) is 7.33. The third kappa shape index (κ3) is 5.02. The summed E-state index contributed by atoms with van der Waals surface area (Å²) in [6.07, 6.45) is 2.81. The smallest absolute Gasteiger partial charge is 0.127 e. The molecular formula is C16H25NO3. The van der Waals surface area contributed by atoms with Gasteiger partial charge in [0.2, 0.25) is 0 Å². The van der Waals surface area contributed by atoms with Crippen LogP contribution in [-0.2, 0) is 11.3 Å². The number of ether oxygens (including phenoxy) is 3. The molecule has 0 heterocycles. The maximum Gasteiger partial charge on any atom is 0.127 e. The number of hydrogen-bond donors (Lipinski definition) is 1. The highest BCUT2D eigenvalue weighted by Gasteiger charge is 2.20. The van der Waals surface area contributed by atoms with Crippen LogP contribution < -0.4 is 14.8 Å². The maximum absolute atomic E-state index is 5.84. The highest BCUT2D eigenvalue weighted by atomic mass is 16.5. The van der Waals surface area contributed by atoms with Gasteiger partial charge in [-0.2, -0.15) is 0 Å². The van der Waals surface area contributed by atoms with Gasteiger partial charge in [-0.05, 0) is 32.8 Å². The largest absolute Gasteiger partial charge is 0.497 e. The molecule has 1 fully saturated rings. The average Bonchev–Trinajstić information content (AvgIpc) is 3.25. The summed E-state index contributed by atoms with van der Waals surface area (Å²) in [4.78, 5) is 0. The van der Waals surface area contributed by atoms with Gasteiger partial charge in [0, 0.05) is 24.2 Å². The lowest BCUT2D eigenvalue weighted by Gasteiger charge is -2.14. The van der Waals surface area contributed by atoms with E-state index in [1.54, 1.807) is 7.11 Å². The van der Waals surface area contributed by atoms with E-state index >= 15 is 0 Å². The standard InChI is InChI=1S/C16H25NO3/c1-12(2)19-8-9-20-16-10-15(18-3)7-4-13(16)11-17-14-5-6-14/h4,7,10,12,14,17H,5-6,8-9,11H2,1-3H3. The first kappa shape index (κ1) is 15.1. The summed E-state index contributed by atoms with van der Waals surface area (Å²) in [5.74, 6) is 1.70. The molecule has 0 aliphatic heterocycles. The van der Waals surface area contributed by atoms with Crippen molar-refractivity contribution in [1.29, 1.82) is 0 Å². The van der Waals surface area contributed by atoms with Crippen molar-refractivity contribution < 1.29 is 14.2 Å². The molecule has 20 heavy (non-hydrogen) atoms. The Bertz CT molecular complexity index is 416. The predicted octanol–water partition coefficient (Wildman–Crippen LogP) is 2.75. The molecule has 0 unspecified atom stereocenters. The lowest BCUT2D eigenvalue weighted by atomic mass is 10.2. The quantitative estimate of drug-likeness (QED) is 0.706. The van der Waals surface area contributed by atoms with Crippen LogP contribution in [0.4, 0.5) is 0 Å². The Hall–Kier alpha value is -1.26. The fourth-order valence-corrected chi connectivity index (χ4v) is 1.92. The van der Waals surface area contributed by atoms with Crippen LogP contribution in [0.1, 0.15) is 32.3 Å². The first-order chi connectivity index (χ1) is 9.69. The van der Waals surface area contributed by atoms with Crippen LogP contribution in [0, 0.1) is 0 Å². The third-order valence-corrected chi connectivity index (χ3v) is 3.22. The summed E-state index contributed by atoms with van der Waals surface area (Å²) in [7, 11) is 1.67. The van der Waals surface area contributed by atoms with Crippen molar-refractivity contribution in [3.05, 3.63) is 23.8 Å². The second-order valence-electron chi connectivity index (χ2n) is 5.40. The van der Waals surface area contributed by atoms with Crippen LogP contribution in [0.2, 0.25) is 0 Å². The van der Waals surface area contributed by atoms with Gasteiger partial charge in [0.25, 0.3) is 0 Å². The molecule has 0 amide bonds. The molecule has 0 bridgehead atoms. The van der Waals surface area contributed by atoms with E-state index in [1.807, 2.05) is 26.0 Å². The second-order valence-corrected chi connectivity index (χ2v) is 5.40. The van der Waals surface area contributed by atoms with Crippen molar-refractivity contribution in [2.24, 2.45) is 0 Å². The van der Waals surface area contributed by atoms with Crippen molar-refractivity contribution in [2.45, 2.75) is 45.4 Å². The number of hydrogen-bond acceptors (Lipinski definition) is 4. The van der Waals surface area contributed by atoms with E-state index in [0.29, 0.717) is 19.3 Å². The average molecular weight is 279 g/mol. The van der Waals surface area contributed by atoms with Crippen molar-refractivity contribution in [3.63, 3.8) is 0 Å². The zero-order chi connectivity index (χ0) is 14.4. The van der Waals surface area contributed by atoms with Gasteiger partial charge in [0.15, 0.2) is 0 Å². The molecule has 0 spiro atoms. The molecular weight excluding hydrogens is 254 g/mol. The first-order valence-electron chi connectivity index (χ1n) is 7.33. The summed E-state index contributed by atoms with van der Waals surface area (Å²) >= 11 is 0. The SMILES string of the molecule is COc1ccc(CNC2CC2)c(OCCOC(C)C)c1. The van der Waals surface area contributed by atoms with Gasteiger partial charge >= 0.3 is 0 Å². The summed E-state index contributed by atoms with van der Waals surface area (Å²) in [6, 6.07) is 6.67. The maximum atomic E-state index is 5.84. The molecule has 1 saturated carbocycles. The highest BCUT2D eigenvalue weighted by molar-refractivity contribution is 5.40. The van der Waals surface area contributed by atoms with Crippen LogP contribution in [-0.4, -0.2) is 32.5 Å². The van der Waals surface area contributed by atoms with Crippen molar-refractivity contribution in [2.75, 3.05) is 20.3 Å². The number of nitrogens with one attached hydrogen (secondary N) is 1. The molecule has 4 nitrogen and oxygen atoms in total. The van der Waals surface area contributed by atoms with Crippen LogP contribution in [0.15, 0.2) is 18.2 Å². The second kappa shape index (κ2) is 7.50. The minimum absolute atomic E-state index is 0.236. The summed E-state index contributed by atoms with van der Waals surface area (Å²) in [6.45, 7) is 6.05. The molecule has 1 aliphatic rings. The lowest BCUT2D eigenvalue weighted by Crippen LogP contribution is -2.17. The Labute approximate surface area is 121 Å². The summed E-state index contributed by atoms with van der Waals surface area (Å²) in [5.41, 5.74) is 1.17. The highest BCUT2D eigenvalue weighted by Crippen LogP contribution is 2.26. The number of benzene rings is 1. The molecule has 1 aromatic carbocycles. The lowest BCUT2D eigenvalue weighted by molar-refractivity contribution is 0.0550. The Balaban J connectivity index is 1.90. The normalized spacial score (nSPS) is 14.6. The van der Waals surface area contributed by atoms with Crippen LogP contribution >= 0.6 is 0 Å². The topological polar surface area (TPSA) is 39.7 Å². The predicted molar refractivity (Wildman–Crippen MR) is 79.4 cm³/mol. The molecule has 1 N–H and O–H groups in total. The fourth-order valence-electron chi connectivity index (χ4n) is 1.92. The van der Waals surface area contributed by atoms with Crippen molar-refractivity contribution in [3.8, 4) is 11.5 Å². The Morgan fingerprint density at radius 1 is 1.25 bits per heavy atom. The monoisotopic (exact) mass is 279 g/mol. The van der Waals surface area contributed by atoms with Gasteiger partial charge in [-0.3, -0.25) is 0 Å². The summed E-state index contributed by atoms with van der Waals surface area (Å²) < 4.78 is 16.6. The fraction of sp³-hybridized carbons (Fsp3) is 0.625. The van der Waals surface area contributed by atoms with Crippen molar-refractivity contribution >= 4 is 0 Å². The van der Waals surface area contributed by atoms with E-state index in [0.717, 1.165) is 18.0 Å². The van der Waals surface area contributed by atoms with E-state index in [4.69, 9.17) is 14.2 Å². The number of methoxy groups -OCH3 is 1. The van der Waals surface area contributed by atoms with Gasteiger partial charge in [0.05, 0.1) is 19.8 Å². The van der Waals surface area contributed by atoms with E-state index in [1.165, 1.54) is 18.4 Å². The zero-order valence-electron chi connectivity index (χ0n) is 12.6. The van der Waals surface area contributed by atoms with E-state index in [9.17, 15) is 0 Å². The molecule has 1 aromatic rings. The molecule has 2 rings (SSSR count). The van der Waals surface area contributed by atoms with E-state index in [-0.39, 0.29) is 6.10 Å². The zero-order valence-corrected chi connectivity index (χ0v) is 12.6. The minimum Gasteiger partial charge on any atom is -0.497 e. The van der Waals surface area contributed by atoms with Gasteiger partial charge in [-0.25, -0.2) is 0 Å². The van der Waals surface area contributed by atoms with Gasteiger partial charge < -0.3 is 19.5 Å².